The standard InChI is InChI=1S/C22H25N3O5/c1-28-16-5-3-15(4-6-16)10-25-14-23-19-9-20(22(27)29-2)24(12-21(19)25)11-17-7-8-18(13-26)30-17/h3-8,14,20,26H,9-13H2,1-2H3/t20-/m0/s1. The van der Waals surface area contributed by atoms with Gasteiger partial charge in [-0.15, -0.1) is 0 Å². The Bertz CT molecular complexity index is 1010. The molecule has 3 aromatic rings. The minimum absolute atomic E-state index is 0.154. The Morgan fingerprint density at radius 3 is 2.60 bits per heavy atom. The molecule has 0 amide bonds. The van der Waals surface area contributed by atoms with Gasteiger partial charge in [0.2, 0.25) is 0 Å². The normalized spacial score (nSPS) is 16.3. The molecule has 0 saturated heterocycles. The number of ether oxygens (including phenoxy) is 2. The first kappa shape index (κ1) is 20.2. The molecule has 4 rings (SSSR count). The number of aliphatic hydroxyl groups is 1. The van der Waals surface area contributed by atoms with Crippen molar-refractivity contribution in [1.82, 2.24) is 14.5 Å². The second-order valence-corrected chi connectivity index (χ2v) is 7.29. The number of aliphatic hydroxyl groups excluding tert-OH is 1. The second-order valence-electron chi connectivity index (χ2n) is 7.29. The molecule has 8 heteroatoms. The third-order valence-electron chi connectivity index (χ3n) is 5.43. The fraction of sp³-hybridized carbons (Fsp3) is 0.364. The van der Waals surface area contributed by atoms with E-state index in [1.54, 1.807) is 13.2 Å². The van der Waals surface area contributed by atoms with Crippen molar-refractivity contribution in [3.05, 3.63) is 71.2 Å². The largest absolute Gasteiger partial charge is 0.497 e. The van der Waals surface area contributed by atoms with Crippen LogP contribution in [-0.2, 0) is 42.2 Å². The highest BCUT2D eigenvalue weighted by atomic mass is 16.5. The number of furan rings is 1. The van der Waals surface area contributed by atoms with Gasteiger partial charge in [0.05, 0.1) is 38.5 Å². The Morgan fingerprint density at radius 2 is 1.93 bits per heavy atom. The fourth-order valence-corrected chi connectivity index (χ4v) is 3.81. The number of methoxy groups -OCH3 is 2. The summed E-state index contributed by atoms with van der Waals surface area (Å²) in [6.45, 7) is 1.50. The summed E-state index contributed by atoms with van der Waals surface area (Å²) >= 11 is 0. The highest BCUT2D eigenvalue weighted by molar-refractivity contribution is 5.76. The zero-order chi connectivity index (χ0) is 21.1. The number of carbonyl (C=O) groups is 1. The quantitative estimate of drug-likeness (QED) is 0.596. The number of esters is 1. The smallest absolute Gasteiger partial charge is 0.323 e. The number of nitrogens with zero attached hydrogens (tertiary/aromatic N) is 3. The highest BCUT2D eigenvalue weighted by Crippen LogP contribution is 2.26. The molecular formula is C22H25N3O5. The van der Waals surface area contributed by atoms with Crippen LogP contribution in [0.4, 0.5) is 0 Å². The van der Waals surface area contributed by atoms with Gasteiger partial charge in [0, 0.05) is 19.5 Å². The maximum absolute atomic E-state index is 12.4. The molecule has 0 radical (unpaired) electrons. The first-order valence-electron chi connectivity index (χ1n) is 9.77. The van der Waals surface area contributed by atoms with E-state index in [4.69, 9.17) is 13.9 Å². The van der Waals surface area contributed by atoms with Gasteiger partial charge in [-0.25, -0.2) is 4.98 Å². The van der Waals surface area contributed by atoms with Crippen molar-refractivity contribution in [2.75, 3.05) is 14.2 Å². The van der Waals surface area contributed by atoms with Crippen LogP contribution >= 0.6 is 0 Å². The number of hydrogen-bond acceptors (Lipinski definition) is 7. The SMILES string of the molecule is COC(=O)[C@@H]1Cc2ncn(Cc3ccc(OC)cc3)c2CN1Cc1ccc(CO)o1. The van der Waals surface area contributed by atoms with Gasteiger partial charge >= 0.3 is 5.97 Å². The molecule has 0 fully saturated rings. The summed E-state index contributed by atoms with van der Waals surface area (Å²) in [5, 5.41) is 9.25. The third-order valence-corrected chi connectivity index (χ3v) is 5.43. The van der Waals surface area contributed by atoms with Gasteiger partial charge < -0.3 is 23.6 Å². The Labute approximate surface area is 174 Å². The monoisotopic (exact) mass is 411 g/mol. The average Bonchev–Trinajstić information content (AvgIpc) is 3.40. The van der Waals surface area contributed by atoms with Crippen LogP contribution in [0.5, 0.6) is 5.75 Å². The molecule has 8 nitrogen and oxygen atoms in total. The lowest BCUT2D eigenvalue weighted by Gasteiger charge is -2.33. The van der Waals surface area contributed by atoms with Crippen molar-refractivity contribution in [2.24, 2.45) is 0 Å². The molecule has 158 valence electrons. The Kier molecular flexibility index (Phi) is 5.87. The molecule has 0 saturated carbocycles. The summed E-state index contributed by atoms with van der Waals surface area (Å²) < 4.78 is 18.0. The van der Waals surface area contributed by atoms with Gasteiger partial charge in [-0.2, -0.15) is 0 Å². The van der Waals surface area contributed by atoms with E-state index in [1.165, 1.54) is 7.11 Å². The highest BCUT2D eigenvalue weighted by Gasteiger charge is 2.35. The maximum atomic E-state index is 12.4. The number of aromatic nitrogens is 2. The second kappa shape index (κ2) is 8.73. The first-order chi connectivity index (χ1) is 14.6. The summed E-state index contributed by atoms with van der Waals surface area (Å²) in [6.07, 6.45) is 2.30. The molecule has 0 aliphatic carbocycles. The van der Waals surface area contributed by atoms with E-state index >= 15 is 0 Å². The third kappa shape index (κ3) is 4.10. The van der Waals surface area contributed by atoms with Crippen molar-refractivity contribution in [3.8, 4) is 5.75 Å². The lowest BCUT2D eigenvalue weighted by Crippen LogP contribution is -2.46. The summed E-state index contributed by atoms with van der Waals surface area (Å²) in [7, 11) is 3.05. The molecular weight excluding hydrogens is 386 g/mol. The number of rotatable bonds is 7. The van der Waals surface area contributed by atoms with E-state index in [1.807, 2.05) is 41.6 Å². The van der Waals surface area contributed by atoms with Crippen LogP contribution in [0.1, 0.15) is 28.5 Å². The molecule has 1 aromatic carbocycles. The number of benzene rings is 1. The van der Waals surface area contributed by atoms with Crippen LogP contribution < -0.4 is 4.74 Å². The number of imidazole rings is 1. The zero-order valence-electron chi connectivity index (χ0n) is 17.1. The van der Waals surface area contributed by atoms with E-state index in [9.17, 15) is 9.90 Å². The van der Waals surface area contributed by atoms with Crippen molar-refractivity contribution in [1.29, 1.82) is 0 Å². The molecule has 1 atom stereocenters. The molecule has 3 heterocycles. The summed E-state index contributed by atoms with van der Waals surface area (Å²) in [4.78, 5) is 19.0. The average molecular weight is 411 g/mol. The van der Waals surface area contributed by atoms with Gasteiger partial charge in [-0.1, -0.05) is 12.1 Å². The molecule has 0 spiro atoms. The lowest BCUT2D eigenvalue weighted by molar-refractivity contribution is -0.148. The molecule has 2 aromatic heterocycles. The predicted octanol–water partition coefficient (Wildman–Crippen LogP) is 2.13. The number of fused-ring (bicyclic) bond motifs is 1. The first-order valence-corrected chi connectivity index (χ1v) is 9.77. The van der Waals surface area contributed by atoms with E-state index in [0.717, 1.165) is 22.7 Å². The van der Waals surface area contributed by atoms with E-state index in [2.05, 4.69) is 9.55 Å². The van der Waals surface area contributed by atoms with Crippen molar-refractivity contribution >= 4 is 5.97 Å². The summed E-state index contributed by atoms with van der Waals surface area (Å²) in [6, 6.07) is 11.1. The van der Waals surface area contributed by atoms with Gasteiger partial charge in [-0.3, -0.25) is 9.69 Å². The zero-order valence-corrected chi connectivity index (χ0v) is 17.1. The minimum Gasteiger partial charge on any atom is -0.497 e. The van der Waals surface area contributed by atoms with Crippen LogP contribution in [0.25, 0.3) is 0 Å². The van der Waals surface area contributed by atoms with Gasteiger partial charge in [0.25, 0.3) is 0 Å². The molecule has 0 bridgehead atoms. The predicted molar refractivity (Wildman–Crippen MR) is 108 cm³/mol. The molecule has 1 aliphatic heterocycles. The van der Waals surface area contributed by atoms with Crippen LogP contribution in [-0.4, -0.2) is 45.8 Å². The van der Waals surface area contributed by atoms with Gasteiger partial charge in [-0.05, 0) is 29.8 Å². The van der Waals surface area contributed by atoms with Crippen LogP contribution in [0.15, 0.2) is 47.1 Å². The lowest BCUT2D eigenvalue weighted by atomic mass is 10.0. The van der Waals surface area contributed by atoms with E-state index < -0.39 is 6.04 Å². The van der Waals surface area contributed by atoms with Crippen LogP contribution in [0, 0.1) is 0 Å². The molecule has 1 aliphatic rings. The van der Waals surface area contributed by atoms with Gasteiger partial charge in [0.15, 0.2) is 0 Å². The van der Waals surface area contributed by atoms with E-state index in [0.29, 0.717) is 37.6 Å². The Morgan fingerprint density at radius 1 is 1.17 bits per heavy atom. The van der Waals surface area contributed by atoms with Crippen LogP contribution in [0.3, 0.4) is 0 Å². The minimum atomic E-state index is -0.436. The number of hydrogen-bond donors (Lipinski definition) is 1. The van der Waals surface area contributed by atoms with Crippen molar-refractivity contribution in [3.63, 3.8) is 0 Å². The van der Waals surface area contributed by atoms with Crippen molar-refractivity contribution in [2.45, 2.75) is 38.7 Å². The summed E-state index contributed by atoms with van der Waals surface area (Å²) in [5.41, 5.74) is 3.11. The fourth-order valence-electron chi connectivity index (χ4n) is 3.81. The molecule has 1 N–H and O–H groups in total. The van der Waals surface area contributed by atoms with E-state index in [-0.39, 0.29) is 12.6 Å². The number of carbonyl (C=O) groups excluding carboxylic acids is 1. The van der Waals surface area contributed by atoms with Crippen LogP contribution in [0.2, 0.25) is 0 Å². The maximum Gasteiger partial charge on any atom is 0.323 e. The Hall–Kier alpha value is -3.10. The molecule has 30 heavy (non-hydrogen) atoms. The van der Waals surface area contributed by atoms with Gasteiger partial charge in [0.1, 0.15) is 29.9 Å². The molecule has 0 unspecified atom stereocenters. The Balaban J connectivity index is 1.57. The summed E-state index contributed by atoms with van der Waals surface area (Å²) in [5.74, 6) is 1.72. The van der Waals surface area contributed by atoms with Crippen molar-refractivity contribution < 1.29 is 23.8 Å². The topological polar surface area (TPSA) is 90.0 Å².